The summed E-state index contributed by atoms with van der Waals surface area (Å²) in [6.07, 6.45) is -1.11. The number of nitriles is 1. The van der Waals surface area contributed by atoms with Gasteiger partial charge in [0, 0.05) is 43.0 Å². The summed E-state index contributed by atoms with van der Waals surface area (Å²) in [5.41, 5.74) is 0.361. The molecule has 3 aromatic carbocycles. The highest BCUT2D eigenvalue weighted by atomic mass is 19.4. The third-order valence-electron chi connectivity index (χ3n) is 8.79. The van der Waals surface area contributed by atoms with E-state index in [0.29, 0.717) is 49.9 Å². The molecule has 2 aliphatic heterocycles. The lowest BCUT2D eigenvalue weighted by molar-refractivity contribution is -0.138. The smallest absolute Gasteiger partial charge is 0.417 e. The number of nitrogens with one attached hydrogen (secondary N) is 1. The number of amides is 4. The van der Waals surface area contributed by atoms with E-state index < -0.39 is 29.1 Å². The number of ether oxygens (including phenoxy) is 1. The molecule has 4 amide bonds. The molecule has 5 rings (SSSR count). The van der Waals surface area contributed by atoms with Gasteiger partial charge in [0.05, 0.1) is 22.9 Å². The van der Waals surface area contributed by atoms with Crippen molar-refractivity contribution in [3.8, 4) is 11.8 Å². The number of halogens is 3. The summed E-state index contributed by atoms with van der Waals surface area (Å²) < 4.78 is 46.2. The average molecular weight is 674 g/mol. The minimum Gasteiger partial charge on any atom is -0.489 e. The molecule has 2 heterocycles. The van der Waals surface area contributed by atoms with Crippen molar-refractivity contribution in [2.75, 3.05) is 42.9 Å². The quantitative estimate of drug-likeness (QED) is 0.162. The third-order valence-corrected chi connectivity index (χ3v) is 8.79. The van der Waals surface area contributed by atoms with Crippen LogP contribution in [0.15, 0.2) is 83.9 Å². The summed E-state index contributed by atoms with van der Waals surface area (Å²) in [7, 11) is 0. The Labute approximate surface area is 283 Å². The fourth-order valence-electron chi connectivity index (χ4n) is 5.96. The van der Waals surface area contributed by atoms with Gasteiger partial charge in [-0.25, -0.2) is 9.69 Å². The van der Waals surface area contributed by atoms with Crippen molar-refractivity contribution >= 4 is 29.2 Å². The number of benzene rings is 3. The van der Waals surface area contributed by atoms with Gasteiger partial charge < -0.3 is 15.0 Å². The Morgan fingerprint density at radius 3 is 2.27 bits per heavy atom. The number of unbranched alkanes of at least 4 members (excludes halogenated alkanes) is 3. The Kier molecular flexibility index (Phi) is 11.4. The van der Waals surface area contributed by atoms with Crippen molar-refractivity contribution < 1.29 is 32.3 Å². The maximum absolute atomic E-state index is 13.5. The summed E-state index contributed by atoms with van der Waals surface area (Å²) >= 11 is 0. The van der Waals surface area contributed by atoms with Crippen LogP contribution in [0.2, 0.25) is 0 Å². The van der Waals surface area contributed by atoms with Crippen LogP contribution in [0, 0.1) is 11.3 Å². The van der Waals surface area contributed by atoms with Crippen LogP contribution in [0.1, 0.15) is 55.7 Å². The van der Waals surface area contributed by atoms with Crippen molar-refractivity contribution in [2.24, 2.45) is 0 Å². The lowest BCUT2D eigenvalue weighted by Gasteiger charge is -2.34. The molecule has 1 N–H and O–H groups in total. The lowest BCUT2D eigenvalue weighted by atomic mass is 10.0. The molecule has 0 unspecified atom stereocenters. The van der Waals surface area contributed by atoms with Gasteiger partial charge in [-0.1, -0.05) is 43.2 Å². The predicted molar refractivity (Wildman–Crippen MR) is 179 cm³/mol. The maximum atomic E-state index is 13.5. The predicted octanol–water partition coefficient (Wildman–Crippen LogP) is 7.15. The number of carbonyl (C=O) groups is 3. The topological polar surface area (TPSA) is 106 Å². The van der Waals surface area contributed by atoms with Crippen molar-refractivity contribution in [1.29, 1.82) is 5.26 Å². The standard InChI is InChI=1S/C37H38F3N5O4/c1-26-32(35(47)45(34(26)46)30-15-12-28(24-41)33(23-30)37(38,39)40)11-7-2-3-8-18-43-19-21-44(22-20-43)36(48)42-29-13-16-31(17-14-29)49-25-27-9-5-4-6-10-27/h4-6,9-10,12-17,23H,2-3,7-8,11,18-22,25H2,1H3,(H,42,48). The van der Waals surface area contributed by atoms with Gasteiger partial charge in [0.1, 0.15) is 12.4 Å². The van der Waals surface area contributed by atoms with Crippen LogP contribution in [0.4, 0.5) is 29.3 Å². The van der Waals surface area contributed by atoms with E-state index in [1.54, 1.807) is 4.90 Å². The number of nitrogens with zero attached hydrogens (tertiary/aromatic N) is 4. The minimum absolute atomic E-state index is 0.138. The Morgan fingerprint density at radius 2 is 1.59 bits per heavy atom. The van der Waals surface area contributed by atoms with Crippen LogP contribution in [0.25, 0.3) is 0 Å². The van der Waals surface area contributed by atoms with E-state index in [0.717, 1.165) is 61.2 Å². The van der Waals surface area contributed by atoms with Crippen LogP contribution in [0.5, 0.6) is 5.75 Å². The number of imide groups is 1. The van der Waals surface area contributed by atoms with Gasteiger partial charge in [0.25, 0.3) is 11.8 Å². The van der Waals surface area contributed by atoms with Gasteiger partial charge in [-0.3, -0.25) is 14.5 Å². The Bertz CT molecular complexity index is 1730. The van der Waals surface area contributed by atoms with Crippen LogP contribution >= 0.6 is 0 Å². The first-order valence-electron chi connectivity index (χ1n) is 16.3. The van der Waals surface area contributed by atoms with E-state index in [4.69, 9.17) is 10.00 Å². The van der Waals surface area contributed by atoms with Crippen molar-refractivity contribution in [2.45, 2.75) is 51.8 Å². The van der Waals surface area contributed by atoms with Crippen LogP contribution in [-0.4, -0.2) is 60.4 Å². The van der Waals surface area contributed by atoms with E-state index in [1.165, 1.54) is 19.1 Å². The number of alkyl halides is 3. The van der Waals surface area contributed by atoms with Crippen LogP contribution < -0.4 is 15.0 Å². The van der Waals surface area contributed by atoms with Crippen LogP contribution in [-0.2, 0) is 22.4 Å². The highest BCUT2D eigenvalue weighted by Crippen LogP contribution is 2.37. The highest BCUT2D eigenvalue weighted by Gasteiger charge is 2.39. The van der Waals surface area contributed by atoms with E-state index >= 15 is 0 Å². The summed E-state index contributed by atoms with van der Waals surface area (Å²) in [6, 6.07) is 21.4. The van der Waals surface area contributed by atoms with Crippen molar-refractivity contribution in [3.63, 3.8) is 0 Å². The monoisotopic (exact) mass is 673 g/mol. The van der Waals surface area contributed by atoms with E-state index in [2.05, 4.69) is 10.2 Å². The zero-order valence-corrected chi connectivity index (χ0v) is 27.3. The number of urea groups is 1. The molecular weight excluding hydrogens is 635 g/mol. The average Bonchev–Trinajstić information content (AvgIpc) is 3.32. The van der Waals surface area contributed by atoms with Crippen molar-refractivity contribution in [3.05, 3.63) is 101 Å². The largest absolute Gasteiger partial charge is 0.489 e. The summed E-state index contributed by atoms with van der Waals surface area (Å²) in [5.74, 6) is -0.540. The first kappa shape index (κ1) is 35.2. The molecule has 256 valence electrons. The molecule has 0 bridgehead atoms. The number of carbonyl (C=O) groups excluding carboxylic acids is 3. The molecular formula is C37H38F3N5O4. The van der Waals surface area contributed by atoms with Gasteiger partial charge in [0.15, 0.2) is 0 Å². The van der Waals surface area contributed by atoms with E-state index in [1.807, 2.05) is 54.6 Å². The second-order valence-corrected chi connectivity index (χ2v) is 12.1. The number of piperazine rings is 1. The maximum Gasteiger partial charge on any atom is 0.417 e. The van der Waals surface area contributed by atoms with Crippen LogP contribution in [0.3, 0.4) is 0 Å². The fourth-order valence-corrected chi connectivity index (χ4v) is 5.96. The number of hydrogen-bond acceptors (Lipinski definition) is 6. The SMILES string of the molecule is CC1=C(CCCCCCN2CCN(C(=O)Nc3ccc(OCc4ccccc4)cc3)CC2)C(=O)N(c2ccc(C#N)c(C(F)(F)F)c2)C1=O. The Morgan fingerprint density at radius 1 is 0.898 bits per heavy atom. The second kappa shape index (κ2) is 15.8. The zero-order valence-electron chi connectivity index (χ0n) is 27.3. The van der Waals surface area contributed by atoms with Crippen molar-refractivity contribution in [1.82, 2.24) is 9.80 Å². The van der Waals surface area contributed by atoms with E-state index in [-0.39, 0.29) is 17.3 Å². The van der Waals surface area contributed by atoms with Gasteiger partial charge in [-0.15, -0.1) is 0 Å². The van der Waals surface area contributed by atoms with Gasteiger partial charge in [-0.05, 0) is 80.8 Å². The molecule has 12 heteroatoms. The van der Waals surface area contributed by atoms with Gasteiger partial charge in [-0.2, -0.15) is 18.4 Å². The molecule has 0 atom stereocenters. The molecule has 0 aromatic heterocycles. The zero-order chi connectivity index (χ0) is 35.0. The molecule has 0 aliphatic carbocycles. The first-order valence-corrected chi connectivity index (χ1v) is 16.3. The van der Waals surface area contributed by atoms with E-state index in [9.17, 15) is 27.6 Å². The third kappa shape index (κ3) is 8.86. The first-order chi connectivity index (χ1) is 23.5. The number of hydrogen-bond donors (Lipinski definition) is 1. The number of anilines is 2. The number of rotatable bonds is 12. The molecule has 9 nitrogen and oxygen atoms in total. The summed E-state index contributed by atoms with van der Waals surface area (Å²) in [5, 5.41) is 12.0. The molecule has 1 fully saturated rings. The molecule has 0 saturated carbocycles. The second-order valence-electron chi connectivity index (χ2n) is 12.1. The van der Waals surface area contributed by atoms with Gasteiger partial charge >= 0.3 is 12.2 Å². The Hall–Kier alpha value is -5.15. The molecule has 2 aliphatic rings. The molecule has 3 aromatic rings. The summed E-state index contributed by atoms with van der Waals surface area (Å²) in [4.78, 5) is 43.6. The molecule has 0 radical (unpaired) electrons. The molecule has 0 spiro atoms. The minimum atomic E-state index is -4.80. The highest BCUT2D eigenvalue weighted by molar-refractivity contribution is 6.32. The lowest BCUT2D eigenvalue weighted by Crippen LogP contribution is -2.50. The fraction of sp³-hybridized carbons (Fsp3) is 0.351. The normalized spacial score (nSPS) is 15.5. The van der Waals surface area contributed by atoms with Gasteiger partial charge in [0.2, 0.25) is 0 Å². The molecule has 1 saturated heterocycles. The Balaban J connectivity index is 0.985. The molecule has 49 heavy (non-hydrogen) atoms. The summed E-state index contributed by atoms with van der Waals surface area (Å²) in [6.45, 7) is 5.64.